The monoisotopic (exact) mass is 310 g/mol. The Morgan fingerprint density at radius 2 is 2.05 bits per heavy atom. The number of carbonyl (C=O) groups is 1. The number of nitrogens with one attached hydrogen (secondary N) is 1. The van der Waals surface area contributed by atoms with Crippen LogP contribution in [0.5, 0.6) is 0 Å². The van der Waals surface area contributed by atoms with Crippen LogP contribution in [0.25, 0.3) is 0 Å². The summed E-state index contributed by atoms with van der Waals surface area (Å²) in [7, 11) is 0. The van der Waals surface area contributed by atoms with Gasteiger partial charge < -0.3 is 5.32 Å². The lowest BCUT2D eigenvalue weighted by Crippen LogP contribution is -2.29. The average Bonchev–Trinajstić information content (AvgIpc) is 3.24. The predicted octanol–water partition coefficient (Wildman–Crippen LogP) is 2.80. The molecule has 1 aliphatic rings. The van der Waals surface area contributed by atoms with E-state index >= 15 is 0 Å². The SMILES string of the molecule is C#CCCC1(CCNC(=O)c2cccc(C(F)(F)F)n2)N=N1. The number of amides is 1. The van der Waals surface area contributed by atoms with Gasteiger partial charge in [-0.25, -0.2) is 4.98 Å². The molecule has 0 aliphatic carbocycles. The Morgan fingerprint density at radius 3 is 2.64 bits per heavy atom. The van der Waals surface area contributed by atoms with Crippen molar-refractivity contribution in [2.75, 3.05) is 6.54 Å². The van der Waals surface area contributed by atoms with Gasteiger partial charge in [-0.3, -0.25) is 4.79 Å². The van der Waals surface area contributed by atoms with Crippen molar-refractivity contribution in [1.82, 2.24) is 10.3 Å². The number of pyridine rings is 1. The fraction of sp³-hybridized carbons (Fsp3) is 0.429. The lowest BCUT2D eigenvalue weighted by atomic mass is 10.0. The van der Waals surface area contributed by atoms with Crippen molar-refractivity contribution in [2.24, 2.45) is 10.2 Å². The molecule has 0 bridgehead atoms. The first kappa shape index (κ1) is 15.9. The third-order valence-electron chi connectivity index (χ3n) is 3.14. The van der Waals surface area contributed by atoms with E-state index < -0.39 is 23.4 Å². The molecule has 8 heteroatoms. The van der Waals surface area contributed by atoms with Crippen molar-refractivity contribution in [3.05, 3.63) is 29.6 Å². The summed E-state index contributed by atoms with van der Waals surface area (Å²) in [6.45, 7) is 0.230. The van der Waals surface area contributed by atoms with Crippen LogP contribution in [0.15, 0.2) is 28.4 Å². The van der Waals surface area contributed by atoms with Gasteiger partial charge in [0.2, 0.25) is 0 Å². The highest BCUT2D eigenvalue weighted by Crippen LogP contribution is 2.36. The van der Waals surface area contributed by atoms with Gasteiger partial charge in [0.05, 0.1) is 0 Å². The van der Waals surface area contributed by atoms with Gasteiger partial charge in [-0.05, 0) is 12.1 Å². The van der Waals surface area contributed by atoms with Crippen molar-refractivity contribution in [3.8, 4) is 12.3 Å². The molecule has 0 aromatic carbocycles. The van der Waals surface area contributed by atoms with Crippen LogP contribution in [0.2, 0.25) is 0 Å². The lowest BCUT2D eigenvalue weighted by molar-refractivity contribution is -0.141. The minimum atomic E-state index is -4.58. The van der Waals surface area contributed by atoms with E-state index in [1.54, 1.807) is 0 Å². The van der Waals surface area contributed by atoms with E-state index in [0.717, 1.165) is 12.1 Å². The molecule has 5 nitrogen and oxygen atoms in total. The molecule has 1 amide bonds. The number of rotatable bonds is 6. The quantitative estimate of drug-likeness (QED) is 0.821. The Labute approximate surface area is 125 Å². The predicted molar refractivity (Wildman–Crippen MR) is 71.8 cm³/mol. The molecule has 0 spiro atoms. The molecule has 1 aromatic rings. The van der Waals surface area contributed by atoms with Crippen LogP contribution in [0.4, 0.5) is 13.2 Å². The Bertz CT molecular complexity index is 628. The van der Waals surface area contributed by atoms with E-state index in [0.29, 0.717) is 19.3 Å². The minimum absolute atomic E-state index is 0.230. The number of hydrogen-bond acceptors (Lipinski definition) is 4. The molecule has 2 heterocycles. The van der Waals surface area contributed by atoms with Gasteiger partial charge in [0.15, 0.2) is 5.66 Å². The molecule has 0 atom stereocenters. The van der Waals surface area contributed by atoms with Crippen LogP contribution in [-0.2, 0) is 6.18 Å². The van der Waals surface area contributed by atoms with E-state index in [2.05, 4.69) is 26.4 Å². The standard InChI is InChI=1S/C14H13F3N4O/c1-2-3-7-13(20-21-13)8-9-18-12(22)10-5-4-6-11(19-10)14(15,16)17/h1,4-6H,3,7-9H2,(H,18,22). The molecule has 0 radical (unpaired) electrons. The van der Waals surface area contributed by atoms with Crippen LogP contribution in [0.3, 0.4) is 0 Å². The van der Waals surface area contributed by atoms with Gasteiger partial charge in [0.1, 0.15) is 11.4 Å². The summed E-state index contributed by atoms with van der Waals surface area (Å²) in [5.41, 5.74) is -1.92. The number of aromatic nitrogens is 1. The molecular formula is C14H13F3N4O. The summed E-state index contributed by atoms with van der Waals surface area (Å²) in [6, 6.07) is 3.18. The molecule has 116 valence electrons. The van der Waals surface area contributed by atoms with Crippen LogP contribution >= 0.6 is 0 Å². The third kappa shape index (κ3) is 4.04. The maximum atomic E-state index is 12.5. The summed E-state index contributed by atoms with van der Waals surface area (Å²) in [5, 5.41) is 10.3. The van der Waals surface area contributed by atoms with Gasteiger partial charge in [0, 0.05) is 25.8 Å². The molecule has 0 unspecified atom stereocenters. The van der Waals surface area contributed by atoms with Crippen molar-refractivity contribution < 1.29 is 18.0 Å². The minimum Gasteiger partial charge on any atom is -0.351 e. The topological polar surface area (TPSA) is 66.7 Å². The Hall–Kier alpha value is -2.43. The van der Waals surface area contributed by atoms with E-state index in [4.69, 9.17) is 6.42 Å². The molecule has 0 saturated carbocycles. The van der Waals surface area contributed by atoms with Crippen LogP contribution < -0.4 is 5.32 Å². The van der Waals surface area contributed by atoms with E-state index in [1.807, 2.05) is 0 Å². The van der Waals surface area contributed by atoms with Crippen molar-refractivity contribution in [2.45, 2.75) is 31.1 Å². The molecule has 22 heavy (non-hydrogen) atoms. The van der Waals surface area contributed by atoms with Crippen molar-refractivity contribution in [1.29, 1.82) is 0 Å². The zero-order valence-corrected chi connectivity index (χ0v) is 11.5. The van der Waals surface area contributed by atoms with Gasteiger partial charge in [-0.15, -0.1) is 12.3 Å². The maximum Gasteiger partial charge on any atom is 0.433 e. The number of carbonyl (C=O) groups excluding carboxylic acids is 1. The molecule has 0 fully saturated rings. The number of alkyl halides is 3. The highest BCUT2D eigenvalue weighted by Gasteiger charge is 2.38. The maximum absolute atomic E-state index is 12.5. The van der Waals surface area contributed by atoms with Gasteiger partial charge >= 0.3 is 6.18 Å². The van der Waals surface area contributed by atoms with Crippen molar-refractivity contribution >= 4 is 5.91 Å². The van der Waals surface area contributed by atoms with Crippen LogP contribution in [0.1, 0.15) is 35.4 Å². The first-order valence-corrected chi connectivity index (χ1v) is 6.56. The molecular weight excluding hydrogens is 297 g/mol. The summed E-state index contributed by atoms with van der Waals surface area (Å²) < 4.78 is 37.6. The molecule has 1 aromatic heterocycles. The summed E-state index contributed by atoms with van der Waals surface area (Å²) >= 11 is 0. The second kappa shape index (κ2) is 6.13. The van der Waals surface area contributed by atoms with Gasteiger partial charge in [-0.2, -0.15) is 23.4 Å². The Balaban J connectivity index is 1.87. The zero-order chi connectivity index (χ0) is 16.2. The van der Waals surface area contributed by atoms with Gasteiger partial charge in [-0.1, -0.05) is 6.07 Å². The smallest absolute Gasteiger partial charge is 0.351 e. The third-order valence-corrected chi connectivity index (χ3v) is 3.14. The summed E-state index contributed by atoms with van der Waals surface area (Å²) in [6.07, 6.45) is 2.16. The van der Waals surface area contributed by atoms with Crippen molar-refractivity contribution in [3.63, 3.8) is 0 Å². The molecule has 1 N–H and O–H groups in total. The Kier molecular flexibility index (Phi) is 4.45. The first-order valence-electron chi connectivity index (χ1n) is 6.56. The second-order valence-corrected chi connectivity index (χ2v) is 4.80. The van der Waals surface area contributed by atoms with Gasteiger partial charge in [0.25, 0.3) is 5.91 Å². The summed E-state index contributed by atoms with van der Waals surface area (Å²) in [5.74, 6) is 1.82. The van der Waals surface area contributed by atoms with Crippen LogP contribution in [-0.4, -0.2) is 23.1 Å². The average molecular weight is 310 g/mol. The molecule has 0 saturated heterocycles. The summed E-state index contributed by atoms with van der Waals surface area (Å²) in [4.78, 5) is 15.1. The zero-order valence-electron chi connectivity index (χ0n) is 11.5. The normalized spacial score (nSPS) is 15.2. The Morgan fingerprint density at radius 1 is 1.32 bits per heavy atom. The second-order valence-electron chi connectivity index (χ2n) is 4.80. The highest BCUT2D eigenvalue weighted by molar-refractivity contribution is 5.92. The fourth-order valence-electron chi connectivity index (χ4n) is 1.85. The molecule has 1 aliphatic heterocycles. The number of terminal acetylenes is 1. The number of nitrogens with zero attached hydrogens (tertiary/aromatic N) is 3. The lowest BCUT2D eigenvalue weighted by Gasteiger charge is -2.10. The highest BCUT2D eigenvalue weighted by atomic mass is 19.4. The molecule has 2 rings (SSSR count). The number of hydrogen-bond donors (Lipinski definition) is 1. The van der Waals surface area contributed by atoms with E-state index in [9.17, 15) is 18.0 Å². The first-order chi connectivity index (χ1) is 10.4. The number of halogens is 3. The van der Waals surface area contributed by atoms with E-state index in [-0.39, 0.29) is 12.2 Å². The van der Waals surface area contributed by atoms with E-state index in [1.165, 1.54) is 6.07 Å². The largest absolute Gasteiger partial charge is 0.433 e. The fourth-order valence-corrected chi connectivity index (χ4v) is 1.85. The van der Waals surface area contributed by atoms with Crippen LogP contribution in [0, 0.1) is 12.3 Å².